The van der Waals surface area contributed by atoms with Crippen LogP contribution in [0.5, 0.6) is 5.88 Å². The number of carbonyl (C=O) groups excluding carboxylic acids is 1. The van der Waals surface area contributed by atoms with Gasteiger partial charge in [0, 0.05) is 31.9 Å². The maximum atomic E-state index is 14.0. The van der Waals surface area contributed by atoms with E-state index in [1.807, 2.05) is 31.0 Å². The van der Waals surface area contributed by atoms with Crippen molar-refractivity contribution in [3.05, 3.63) is 65.5 Å². The van der Waals surface area contributed by atoms with Crippen molar-refractivity contribution in [1.29, 1.82) is 5.26 Å². The zero-order chi connectivity index (χ0) is 29.9. The molecule has 3 aromatic rings. The van der Waals surface area contributed by atoms with Crippen molar-refractivity contribution < 1.29 is 22.7 Å². The molecule has 1 aromatic carbocycles. The Bertz CT molecular complexity index is 1460. The summed E-state index contributed by atoms with van der Waals surface area (Å²) in [6.45, 7) is 4.64. The Labute approximate surface area is 242 Å². The minimum Gasteiger partial charge on any atom is -0.477 e. The molecule has 0 unspecified atom stereocenters. The summed E-state index contributed by atoms with van der Waals surface area (Å²) in [6.07, 6.45) is -1.37. The number of amides is 1. The Morgan fingerprint density at radius 1 is 1.17 bits per heavy atom. The normalized spacial score (nSPS) is 18.9. The summed E-state index contributed by atoms with van der Waals surface area (Å²) in [5.41, 5.74) is 0.256. The largest absolute Gasteiger partial charge is 0.477 e. The van der Waals surface area contributed by atoms with Crippen molar-refractivity contribution in [2.75, 3.05) is 44.7 Å². The maximum Gasteiger partial charge on any atom is 0.416 e. The van der Waals surface area contributed by atoms with Gasteiger partial charge in [0.25, 0.3) is 0 Å². The number of nitrogens with zero attached hydrogens (tertiary/aromatic N) is 6. The summed E-state index contributed by atoms with van der Waals surface area (Å²) in [5, 5.41) is 21.8. The van der Waals surface area contributed by atoms with Crippen molar-refractivity contribution in [2.24, 2.45) is 0 Å². The van der Waals surface area contributed by atoms with Gasteiger partial charge in [0.05, 0.1) is 45.8 Å². The Kier molecular flexibility index (Phi) is 8.31. The summed E-state index contributed by atoms with van der Waals surface area (Å²) in [6, 6.07) is 12.3. The first-order valence-electron chi connectivity index (χ1n) is 13.9. The molecule has 2 saturated heterocycles. The number of halogens is 3. The molecule has 0 radical (unpaired) electrons. The predicted molar refractivity (Wildman–Crippen MR) is 150 cm³/mol. The van der Waals surface area contributed by atoms with E-state index in [2.05, 4.69) is 25.4 Å². The van der Waals surface area contributed by atoms with Crippen molar-refractivity contribution >= 4 is 11.6 Å². The fourth-order valence-corrected chi connectivity index (χ4v) is 5.75. The fourth-order valence-electron chi connectivity index (χ4n) is 5.75. The summed E-state index contributed by atoms with van der Waals surface area (Å²) < 4.78 is 45.4. The number of nitrogens with one attached hydrogen (secondary N) is 1. The number of pyridine rings is 1. The van der Waals surface area contributed by atoms with Crippen LogP contribution in [-0.2, 0) is 16.4 Å². The molecule has 1 amide bonds. The molecule has 1 atom stereocenters. The molecule has 2 aliphatic heterocycles. The number of carbonyl (C=O) groups is 1. The smallest absolute Gasteiger partial charge is 0.416 e. The monoisotopic (exact) mass is 579 g/mol. The van der Waals surface area contributed by atoms with Crippen LogP contribution >= 0.6 is 0 Å². The van der Waals surface area contributed by atoms with E-state index in [0.717, 1.165) is 31.6 Å². The third-order valence-corrected chi connectivity index (χ3v) is 8.05. The van der Waals surface area contributed by atoms with Gasteiger partial charge >= 0.3 is 6.18 Å². The van der Waals surface area contributed by atoms with Crippen molar-refractivity contribution in [3.8, 4) is 23.2 Å². The average molecular weight is 580 g/mol. The lowest BCUT2D eigenvalue weighted by Gasteiger charge is -2.41. The summed E-state index contributed by atoms with van der Waals surface area (Å²) in [4.78, 5) is 22.3. The number of likely N-dealkylation sites (tertiary alicyclic amines) is 1. The molecule has 42 heavy (non-hydrogen) atoms. The van der Waals surface area contributed by atoms with Gasteiger partial charge in [0.15, 0.2) is 0 Å². The van der Waals surface area contributed by atoms with E-state index in [1.54, 1.807) is 24.4 Å². The first-order chi connectivity index (χ1) is 20.1. The van der Waals surface area contributed by atoms with Crippen LogP contribution in [-0.4, -0.2) is 71.9 Å². The van der Waals surface area contributed by atoms with Crippen LogP contribution in [0.1, 0.15) is 43.0 Å². The van der Waals surface area contributed by atoms with Gasteiger partial charge in [-0.15, -0.1) is 0 Å². The second-order valence-corrected chi connectivity index (χ2v) is 10.7. The van der Waals surface area contributed by atoms with Crippen molar-refractivity contribution in [3.63, 3.8) is 0 Å². The zero-order valence-corrected chi connectivity index (χ0v) is 23.5. The molecule has 4 heterocycles. The number of ether oxygens (including phenoxy) is 1. The summed E-state index contributed by atoms with van der Waals surface area (Å²) >= 11 is 0. The summed E-state index contributed by atoms with van der Waals surface area (Å²) in [5.74, 6) is 0.298. The molecular formula is C30H32F3N7O2. The van der Waals surface area contributed by atoms with E-state index in [-0.39, 0.29) is 17.5 Å². The highest BCUT2D eigenvalue weighted by atomic mass is 19.4. The lowest BCUT2D eigenvalue weighted by Crippen LogP contribution is -2.54. The van der Waals surface area contributed by atoms with Gasteiger partial charge in [-0.3, -0.25) is 4.79 Å². The predicted octanol–water partition coefficient (Wildman–Crippen LogP) is 4.19. The van der Waals surface area contributed by atoms with E-state index in [9.17, 15) is 23.2 Å². The number of hydrogen-bond acceptors (Lipinski definition) is 8. The van der Waals surface area contributed by atoms with Gasteiger partial charge in [0.1, 0.15) is 6.07 Å². The second kappa shape index (κ2) is 11.9. The van der Waals surface area contributed by atoms with E-state index in [0.29, 0.717) is 61.1 Å². The maximum absolute atomic E-state index is 14.0. The van der Waals surface area contributed by atoms with Gasteiger partial charge in [-0.1, -0.05) is 0 Å². The Hall–Kier alpha value is -4.24. The minimum atomic E-state index is -4.54. The highest BCUT2D eigenvalue weighted by Gasteiger charge is 2.46. The van der Waals surface area contributed by atoms with Crippen LogP contribution in [0.2, 0.25) is 0 Å². The van der Waals surface area contributed by atoms with Crippen LogP contribution in [0.3, 0.4) is 0 Å². The van der Waals surface area contributed by atoms with Crippen LogP contribution in [0.25, 0.3) is 11.3 Å². The van der Waals surface area contributed by atoms with Crippen molar-refractivity contribution in [2.45, 2.75) is 43.8 Å². The lowest BCUT2D eigenvalue weighted by molar-refractivity contribution is -0.137. The molecule has 2 fully saturated rings. The van der Waals surface area contributed by atoms with Crippen LogP contribution < -0.4 is 15.0 Å². The highest BCUT2D eigenvalue weighted by molar-refractivity contribution is 5.88. The van der Waals surface area contributed by atoms with Crippen LogP contribution in [0.15, 0.2) is 48.7 Å². The second-order valence-electron chi connectivity index (χ2n) is 10.7. The average Bonchev–Trinajstić information content (AvgIpc) is 3.41. The number of likely N-dealkylation sites (N-methyl/N-ethyl adjacent to an activating group) is 1. The van der Waals surface area contributed by atoms with E-state index in [1.165, 1.54) is 6.07 Å². The van der Waals surface area contributed by atoms with Crippen LogP contribution in [0.4, 0.5) is 18.9 Å². The molecule has 0 aliphatic carbocycles. The van der Waals surface area contributed by atoms with E-state index in [4.69, 9.17) is 4.74 Å². The molecule has 220 valence electrons. The third-order valence-electron chi connectivity index (χ3n) is 8.05. The van der Waals surface area contributed by atoms with Gasteiger partial charge in [-0.2, -0.15) is 28.6 Å². The molecule has 2 aliphatic rings. The van der Waals surface area contributed by atoms with E-state index < -0.39 is 17.2 Å². The third kappa shape index (κ3) is 5.87. The first kappa shape index (κ1) is 29.3. The van der Waals surface area contributed by atoms with Gasteiger partial charge in [-0.05, 0) is 82.2 Å². The van der Waals surface area contributed by atoms with Gasteiger partial charge in [-0.25, -0.2) is 4.98 Å². The number of hydrogen-bond donors (Lipinski definition) is 1. The minimum absolute atomic E-state index is 0.00823. The van der Waals surface area contributed by atoms with Gasteiger partial charge in [0.2, 0.25) is 11.8 Å². The zero-order valence-electron chi connectivity index (χ0n) is 23.5. The van der Waals surface area contributed by atoms with Crippen molar-refractivity contribution in [1.82, 2.24) is 25.4 Å². The molecule has 2 aromatic heterocycles. The molecule has 1 N–H and O–H groups in total. The first-order valence-corrected chi connectivity index (χ1v) is 13.9. The Balaban J connectivity index is 1.44. The Morgan fingerprint density at radius 3 is 2.57 bits per heavy atom. The highest BCUT2D eigenvalue weighted by Crippen LogP contribution is 2.39. The molecule has 9 nitrogen and oxygen atoms in total. The number of piperidine rings is 1. The molecule has 5 rings (SSSR count). The number of anilines is 1. The van der Waals surface area contributed by atoms with Gasteiger partial charge < -0.3 is 19.9 Å². The molecule has 0 bridgehead atoms. The molecule has 12 heteroatoms. The molecule has 0 saturated carbocycles. The quantitative estimate of drug-likeness (QED) is 0.444. The number of nitriles is 1. The Morgan fingerprint density at radius 2 is 1.95 bits per heavy atom. The number of benzene rings is 1. The fraction of sp³-hybridized carbons (Fsp3) is 0.433. The lowest BCUT2D eigenvalue weighted by atomic mass is 9.74. The molecular weight excluding hydrogens is 547 g/mol. The van der Waals surface area contributed by atoms with E-state index >= 15 is 0 Å². The topological polar surface area (TPSA) is 107 Å². The van der Waals surface area contributed by atoms with Crippen LogP contribution in [0, 0.1) is 11.3 Å². The number of alkyl halides is 3. The number of rotatable bonds is 7. The standard InChI is InChI=1S/C30H32F3N7O2/c1-3-42-27-23(5-4-13-35-27)24-7-9-26(38-37-24)29(28(41)36-22-10-14-39(2)19-22)11-15-40(16-12-29)25-8-6-21(30(31,32)33)17-20(25)18-34/h4-9,13,17,22H,3,10-12,14-16,19H2,1-2H3,(H,36,41)/t22-/m1/s1. The number of aromatic nitrogens is 3. The summed E-state index contributed by atoms with van der Waals surface area (Å²) in [7, 11) is 2.01. The molecule has 0 spiro atoms. The SMILES string of the molecule is CCOc1ncccc1-c1ccc(C2(C(=O)N[C@@H]3CCN(C)C3)CCN(c3ccc(C(F)(F)F)cc3C#N)CC2)nn1.